The van der Waals surface area contributed by atoms with Crippen molar-refractivity contribution in [1.29, 1.82) is 0 Å². The van der Waals surface area contributed by atoms with Gasteiger partial charge in [-0.3, -0.25) is 4.79 Å². The molecule has 0 aliphatic carbocycles. The van der Waals surface area contributed by atoms with E-state index in [1.54, 1.807) is 6.20 Å². The van der Waals surface area contributed by atoms with Crippen LogP contribution >= 0.6 is 0 Å². The van der Waals surface area contributed by atoms with E-state index in [-0.39, 0.29) is 12.5 Å². The van der Waals surface area contributed by atoms with E-state index < -0.39 is 5.60 Å². The molecule has 27 heavy (non-hydrogen) atoms. The molecule has 1 saturated heterocycles. The largest absolute Gasteiger partial charge is 0.468 e. The molecule has 1 aromatic carbocycles. The average molecular weight is 367 g/mol. The zero-order chi connectivity index (χ0) is 18.9. The summed E-state index contributed by atoms with van der Waals surface area (Å²) in [6.07, 6.45) is 3.20. The Hall–Kier alpha value is -3.00. The monoisotopic (exact) mass is 367 g/mol. The lowest BCUT2D eigenvalue weighted by Crippen LogP contribution is -2.48. The number of esters is 1. The minimum absolute atomic E-state index is 0.0152. The fraction of sp³-hybridized carbons (Fsp3) is 0.368. The maximum Gasteiger partial charge on any atom is 0.327 e. The number of carbonyl (C=O) groups is 1. The van der Waals surface area contributed by atoms with Gasteiger partial charge in [-0.2, -0.15) is 5.10 Å². The summed E-state index contributed by atoms with van der Waals surface area (Å²) < 4.78 is 12.4. The number of aromatic nitrogens is 4. The smallest absolute Gasteiger partial charge is 0.327 e. The number of benzene rings is 1. The molecule has 1 aliphatic rings. The van der Waals surface area contributed by atoms with Crippen molar-refractivity contribution in [3.63, 3.8) is 0 Å². The molecule has 1 aliphatic heterocycles. The zero-order valence-corrected chi connectivity index (χ0v) is 15.3. The number of morpholine rings is 1. The van der Waals surface area contributed by atoms with Gasteiger partial charge in [0.15, 0.2) is 5.65 Å². The molecule has 140 valence electrons. The molecular formula is C19H21N5O3. The first-order valence-electron chi connectivity index (χ1n) is 8.78. The highest BCUT2D eigenvalue weighted by Gasteiger charge is 2.35. The third-order valence-electron chi connectivity index (χ3n) is 4.88. The van der Waals surface area contributed by atoms with Crippen LogP contribution in [0.15, 0.2) is 42.9 Å². The van der Waals surface area contributed by atoms with Crippen molar-refractivity contribution in [2.75, 3.05) is 31.7 Å². The molecular weight excluding hydrogens is 346 g/mol. The predicted molar refractivity (Wildman–Crippen MR) is 99.3 cm³/mol. The number of nitrogens with zero attached hydrogens (tertiary/aromatic N) is 5. The third kappa shape index (κ3) is 3.23. The van der Waals surface area contributed by atoms with Crippen molar-refractivity contribution in [1.82, 2.24) is 19.7 Å². The molecule has 0 spiro atoms. The molecule has 4 rings (SSSR count). The Morgan fingerprint density at radius 1 is 1.30 bits per heavy atom. The molecule has 0 N–H and O–H groups in total. The summed E-state index contributed by atoms with van der Waals surface area (Å²) in [6.45, 7) is 4.07. The zero-order valence-electron chi connectivity index (χ0n) is 15.3. The second-order valence-corrected chi connectivity index (χ2v) is 6.68. The van der Waals surface area contributed by atoms with Crippen molar-refractivity contribution >= 4 is 22.8 Å². The topological polar surface area (TPSA) is 82.4 Å². The van der Waals surface area contributed by atoms with E-state index in [2.05, 4.69) is 39.0 Å². The van der Waals surface area contributed by atoms with Crippen LogP contribution in [0.25, 0.3) is 11.0 Å². The van der Waals surface area contributed by atoms with Gasteiger partial charge < -0.3 is 14.4 Å². The van der Waals surface area contributed by atoms with Crippen LogP contribution < -0.4 is 4.90 Å². The Balaban J connectivity index is 1.67. The highest BCUT2D eigenvalue weighted by molar-refractivity contribution is 5.87. The van der Waals surface area contributed by atoms with E-state index in [1.165, 1.54) is 18.1 Å². The first-order chi connectivity index (χ1) is 13.1. The number of fused-ring (bicyclic) bond motifs is 1. The normalized spacial score (nSPS) is 20.0. The van der Waals surface area contributed by atoms with Gasteiger partial charge >= 0.3 is 5.97 Å². The summed E-state index contributed by atoms with van der Waals surface area (Å²) in [5, 5.41) is 5.09. The Morgan fingerprint density at radius 3 is 2.89 bits per heavy atom. The van der Waals surface area contributed by atoms with Crippen LogP contribution in [0.3, 0.4) is 0 Å². The second kappa shape index (κ2) is 6.96. The van der Waals surface area contributed by atoms with Crippen LogP contribution in [0.4, 0.5) is 5.82 Å². The fourth-order valence-electron chi connectivity index (χ4n) is 3.45. The van der Waals surface area contributed by atoms with Gasteiger partial charge in [0, 0.05) is 6.54 Å². The van der Waals surface area contributed by atoms with Crippen molar-refractivity contribution in [3.05, 3.63) is 48.4 Å². The third-order valence-corrected chi connectivity index (χ3v) is 4.88. The number of hydrogen-bond donors (Lipinski definition) is 0. The van der Waals surface area contributed by atoms with Crippen LogP contribution in [-0.4, -0.2) is 52.5 Å². The van der Waals surface area contributed by atoms with Crippen LogP contribution in [0.2, 0.25) is 0 Å². The van der Waals surface area contributed by atoms with Crippen molar-refractivity contribution in [2.24, 2.45) is 0 Å². The van der Waals surface area contributed by atoms with E-state index >= 15 is 0 Å². The Labute approximate surface area is 156 Å². The number of hydrogen-bond acceptors (Lipinski definition) is 7. The molecule has 2 aromatic heterocycles. The summed E-state index contributed by atoms with van der Waals surface area (Å²) in [5.41, 5.74) is 1.30. The first-order valence-corrected chi connectivity index (χ1v) is 8.78. The average Bonchev–Trinajstić information content (AvgIpc) is 3.11. The van der Waals surface area contributed by atoms with Crippen molar-refractivity contribution < 1.29 is 14.3 Å². The van der Waals surface area contributed by atoms with Crippen molar-refractivity contribution in [3.8, 4) is 0 Å². The van der Waals surface area contributed by atoms with Gasteiger partial charge in [0.25, 0.3) is 0 Å². The van der Waals surface area contributed by atoms with Crippen LogP contribution in [0, 0.1) is 0 Å². The van der Waals surface area contributed by atoms with Gasteiger partial charge in [-0.1, -0.05) is 30.3 Å². The molecule has 8 nitrogen and oxygen atoms in total. The van der Waals surface area contributed by atoms with Gasteiger partial charge in [0.2, 0.25) is 0 Å². The highest BCUT2D eigenvalue weighted by Crippen LogP contribution is 2.33. The molecule has 3 aromatic rings. The van der Waals surface area contributed by atoms with E-state index in [9.17, 15) is 4.79 Å². The van der Waals surface area contributed by atoms with E-state index in [1.807, 2.05) is 18.2 Å². The summed E-state index contributed by atoms with van der Waals surface area (Å²) in [7, 11) is 1.35. The molecule has 8 heteroatoms. The summed E-state index contributed by atoms with van der Waals surface area (Å²) >= 11 is 0. The number of ether oxygens (including phenoxy) is 2. The molecule has 0 amide bonds. The van der Waals surface area contributed by atoms with E-state index in [4.69, 9.17) is 9.47 Å². The van der Waals surface area contributed by atoms with E-state index in [0.717, 1.165) is 23.3 Å². The predicted octanol–water partition coefficient (Wildman–Crippen LogP) is 1.75. The number of anilines is 1. The second-order valence-electron chi connectivity index (χ2n) is 6.68. The van der Waals surface area contributed by atoms with E-state index in [0.29, 0.717) is 18.8 Å². The quantitative estimate of drug-likeness (QED) is 0.650. The van der Waals surface area contributed by atoms with Gasteiger partial charge in [-0.15, -0.1) is 0 Å². The molecule has 3 heterocycles. The Morgan fingerprint density at radius 2 is 2.11 bits per heavy atom. The van der Waals surface area contributed by atoms with Gasteiger partial charge in [0.1, 0.15) is 24.3 Å². The summed E-state index contributed by atoms with van der Waals surface area (Å²) in [4.78, 5) is 22.6. The number of methoxy groups -OCH3 is 1. The maximum atomic E-state index is 11.6. The lowest BCUT2D eigenvalue weighted by atomic mass is 9.94. The first kappa shape index (κ1) is 17.4. The standard InChI is InChI=1S/C19H21N5O3/c1-19(14-6-4-3-5-7-14)12-23(8-9-27-19)17-15-10-22-24(11-16(25)26-2)18(15)21-13-20-17/h3-7,10,13H,8-9,11-12H2,1-2H3. The van der Waals surface area contributed by atoms with Gasteiger partial charge in [-0.25, -0.2) is 14.6 Å². The Bertz CT molecular complexity index is 958. The minimum atomic E-state index is -0.432. The molecule has 0 saturated carbocycles. The van der Waals surface area contributed by atoms with Gasteiger partial charge in [-0.05, 0) is 12.5 Å². The van der Waals surface area contributed by atoms with Crippen LogP contribution in [0.1, 0.15) is 12.5 Å². The molecule has 0 bridgehead atoms. The highest BCUT2D eigenvalue weighted by atomic mass is 16.5. The molecule has 0 radical (unpaired) electrons. The fourth-order valence-corrected chi connectivity index (χ4v) is 3.45. The van der Waals surface area contributed by atoms with Gasteiger partial charge in [0.05, 0.1) is 31.8 Å². The summed E-state index contributed by atoms with van der Waals surface area (Å²) in [5.74, 6) is 0.421. The molecule has 1 unspecified atom stereocenters. The number of carbonyl (C=O) groups excluding carboxylic acids is 1. The lowest BCUT2D eigenvalue weighted by molar-refractivity contribution is -0.141. The molecule has 1 atom stereocenters. The maximum absolute atomic E-state index is 11.6. The number of rotatable bonds is 4. The Kier molecular flexibility index (Phi) is 4.49. The summed E-state index contributed by atoms with van der Waals surface area (Å²) in [6, 6.07) is 10.2. The molecule has 1 fully saturated rings. The SMILES string of the molecule is COC(=O)Cn1ncc2c(N3CCOC(C)(c4ccccc4)C3)ncnc21. The van der Waals surface area contributed by atoms with Crippen LogP contribution in [-0.2, 0) is 26.4 Å². The van der Waals surface area contributed by atoms with Crippen LogP contribution in [0.5, 0.6) is 0 Å². The van der Waals surface area contributed by atoms with Crippen molar-refractivity contribution in [2.45, 2.75) is 19.1 Å². The minimum Gasteiger partial charge on any atom is -0.468 e. The lowest BCUT2D eigenvalue weighted by Gasteiger charge is -2.41.